The number of ketones is 2. The molecule has 4 aliphatic rings. The van der Waals surface area contributed by atoms with Crippen LogP contribution in [0.25, 0.3) is 0 Å². The third-order valence-electron chi connectivity index (χ3n) is 11.6. The number of aromatic hydroxyl groups is 1. The number of rotatable bonds is 10. The van der Waals surface area contributed by atoms with E-state index in [9.17, 15) is 39.3 Å². The quantitative estimate of drug-likeness (QED) is 0.279. The first-order chi connectivity index (χ1) is 21.7. The predicted molar refractivity (Wildman–Crippen MR) is 164 cm³/mol. The molecule has 8 unspecified atom stereocenters. The van der Waals surface area contributed by atoms with Crippen molar-refractivity contribution in [2.45, 2.75) is 95.8 Å². The number of fused-ring (bicyclic) bond motifs is 5. The number of methoxy groups -OCH3 is 1. The second-order valence-electron chi connectivity index (χ2n) is 14.1. The minimum Gasteiger partial charge on any atom is -0.508 e. The first kappa shape index (κ1) is 33.8. The number of hydrogen-bond acceptors (Lipinski definition) is 10. The third kappa shape index (κ3) is 6.11. The van der Waals surface area contributed by atoms with Crippen molar-refractivity contribution >= 4 is 29.4 Å². The Labute approximate surface area is 268 Å². The molecule has 0 aliphatic heterocycles. The van der Waals surface area contributed by atoms with Crippen LogP contribution in [-0.4, -0.2) is 76.2 Å². The highest BCUT2D eigenvalue weighted by Crippen LogP contribution is 2.67. The van der Waals surface area contributed by atoms with Gasteiger partial charge in [-0.2, -0.15) is 0 Å². The first-order valence-corrected chi connectivity index (χ1v) is 16.2. The molecule has 8 atom stereocenters. The average Bonchev–Trinajstić information content (AvgIpc) is 3.29. The van der Waals surface area contributed by atoms with E-state index in [0.717, 1.165) is 18.4 Å². The molecule has 5 rings (SSSR count). The lowest BCUT2D eigenvalue weighted by Gasteiger charge is -2.60. The maximum Gasteiger partial charge on any atom is 0.328 e. The minimum atomic E-state index is -1.78. The maximum atomic E-state index is 13.5. The molecule has 1 aromatic rings. The zero-order valence-electron chi connectivity index (χ0n) is 26.8. The van der Waals surface area contributed by atoms with Crippen LogP contribution >= 0.6 is 0 Å². The number of allylic oxidation sites excluding steroid dienone is 1. The molecule has 1 aromatic carbocycles. The van der Waals surface area contributed by atoms with Gasteiger partial charge in [-0.25, -0.2) is 4.79 Å². The van der Waals surface area contributed by atoms with Gasteiger partial charge in [0, 0.05) is 24.7 Å². The third-order valence-corrected chi connectivity index (χ3v) is 11.6. The number of nitrogens with one attached hydrogen (secondary N) is 1. The van der Waals surface area contributed by atoms with Crippen molar-refractivity contribution < 1.29 is 48.8 Å². The fourth-order valence-corrected chi connectivity index (χ4v) is 9.17. The molecule has 11 heteroatoms. The fraction of sp³-hybridized carbons (Fsp3) is 0.629. The number of phenolic OH excluding ortho intramolecular Hbond substituents is 1. The highest BCUT2D eigenvalue weighted by molar-refractivity contribution is 5.92. The van der Waals surface area contributed by atoms with Crippen LogP contribution < -0.4 is 5.32 Å². The summed E-state index contributed by atoms with van der Waals surface area (Å²) in [5.74, 6) is -2.45. The zero-order valence-corrected chi connectivity index (χ0v) is 26.8. The van der Waals surface area contributed by atoms with Gasteiger partial charge < -0.3 is 30.1 Å². The number of carbonyl (C=O) groups is 5. The van der Waals surface area contributed by atoms with Gasteiger partial charge in [-0.1, -0.05) is 31.6 Å². The minimum absolute atomic E-state index is 0.00502. The van der Waals surface area contributed by atoms with Crippen molar-refractivity contribution in [3.05, 3.63) is 41.5 Å². The van der Waals surface area contributed by atoms with Crippen molar-refractivity contribution in [1.29, 1.82) is 0 Å². The van der Waals surface area contributed by atoms with Crippen LogP contribution in [0.4, 0.5) is 0 Å². The van der Waals surface area contributed by atoms with Gasteiger partial charge in [0.1, 0.15) is 17.4 Å². The zero-order chi connectivity index (χ0) is 33.4. The normalized spacial score (nSPS) is 33.8. The summed E-state index contributed by atoms with van der Waals surface area (Å²) < 4.78 is 10.0. The van der Waals surface area contributed by atoms with Gasteiger partial charge >= 0.3 is 11.9 Å². The van der Waals surface area contributed by atoms with Crippen molar-refractivity contribution in [1.82, 2.24) is 5.32 Å². The van der Waals surface area contributed by atoms with Gasteiger partial charge in [0.15, 0.2) is 12.4 Å². The van der Waals surface area contributed by atoms with E-state index in [1.165, 1.54) is 19.2 Å². The number of esters is 2. The lowest BCUT2D eigenvalue weighted by Crippen LogP contribution is -2.62. The van der Waals surface area contributed by atoms with Crippen LogP contribution in [-0.2, 0) is 39.9 Å². The molecule has 3 fully saturated rings. The highest BCUT2D eigenvalue weighted by Gasteiger charge is 2.68. The summed E-state index contributed by atoms with van der Waals surface area (Å²) >= 11 is 0. The number of Topliss-reactive ketones (excluding diaryl/α,β-unsaturated/α-hetero) is 1. The maximum absolute atomic E-state index is 13.5. The van der Waals surface area contributed by atoms with E-state index in [-0.39, 0.29) is 66.8 Å². The van der Waals surface area contributed by atoms with Crippen molar-refractivity contribution in [2.75, 3.05) is 13.7 Å². The molecule has 46 heavy (non-hydrogen) atoms. The molecule has 0 bridgehead atoms. The highest BCUT2D eigenvalue weighted by atomic mass is 16.5. The van der Waals surface area contributed by atoms with Gasteiger partial charge in [0.25, 0.3) is 0 Å². The summed E-state index contributed by atoms with van der Waals surface area (Å²) in [5, 5.41) is 35.4. The Balaban J connectivity index is 1.16. The van der Waals surface area contributed by atoms with Gasteiger partial charge in [-0.05, 0) is 85.5 Å². The number of aliphatic hydroxyl groups excluding tert-OH is 1. The molecule has 0 radical (unpaired) electrons. The average molecular weight is 640 g/mol. The predicted octanol–water partition coefficient (Wildman–Crippen LogP) is 2.72. The summed E-state index contributed by atoms with van der Waals surface area (Å²) in [6.07, 6.45) is 4.23. The molecule has 0 aromatic heterocycles. The standard InChI is InChI=1S/C35H45NO10/c1-33-14-12-23(38)17-21(33)6-9-24-25-13-15-35(44,34(25,2)18-27(39)31(24)33)28(40)19-46-30(42)11-10-29(41)36-26(32(43)45-3)16-20-4-7-22(37)8-5-20/h4-5,7-8,17,24-27,31,37,39,44H,6,9-16,18-19H2,1-3H3,(H,36,41). The second kappa shape index (κ2) is 12.9. The van der Waals surface area contributed by atoms with E-state index in [1.807, 2.05) is 6.92 Å². The van der Waals surface area contributed by atoms with E-state index in [1.54, 1.807) is 18.2 Å². The Morgan fingerprint density at radius 2 is 1.76 bits per heavy atom. The summed E-state index contributed by atoms with van der Waals surface area (Å²) in [6, 6.07) is 5.14. The summed E-state index contributed by atoms with van der Waals surface area (Å²) in [7, 11) is 1.20. The molecule has 0 spiro atoms. The van der Waals surface area contributed by atoms with Gasteiger partial charge in [0.2, 0.25) is 11.7 Å². The molecule has 0 heterocycles. The van der Waals surface area contributed by atoms with Crippen LogP contribution in [0.5, 0.6) is 5.75 Å². The number of hydrogen-bond donors (Lipinski definition) is 4. The first-order valence-electron chi connectivity index (χ1n) is 16.2. The molecule has 4 N–H and O–H groups in total. The summed E-state index contributed by atoms with van der Waals surface area (Å²) in [6.45, 7) is 3.36. The van der Waals surface area contributed by atoms with Crippen molar-refractivity contribution in [3.8, 4) is 5.75 Å². The molecule has 0 saturated heterocycles. The van der Waals surface area contributed by atoms with E-state index in [4.69, 9.17) is 9.47 Å². The van der Waals surface area contributed by atoms with E-state index in [0.29, 0.717) is 24.8 Å². The Morgan fingerprint density at radius 3 is 2.46 bits per heavy atom. The lowest BCUT2D eigenvalue weighted by molar-refractivity contribution is -0.184. The monoisotopic (exact) mass is 639 g/mol. The fourth-order valence-electron chi connectivity index (χ4n) is 9.17. The van der Waals surface area contributed by atoms with Crippen LogP contribution in [0.1, 0.15) is 77.2 Å². The number of phenols is 1. The van der Waals surface area contributed by atoms with Crippen LogP contribution in [0.15, 0.2) is 35.9 Å². The van der Waals surface area contributed by atoms with Crippen molar-refractivity contribution in [2.24, 2.45) is 28.6 Å². The van der Waals surface area contributed by atoms with Crippen LogP contribution in [0.3, 0.4) is 0 Å². The van der Waals surface area contributed by atoms with Gasteiger partial charge in [-0.15, -0.1) is 0 Å². The summed E-state index contributed by atoms with van der Waals surface area (Å²) in [4.78, 5) is 63.0. The molecule has 250 valence electrons. The number of ether oxygens (including phenoxy) is 2. The van der Waals surface area contributed by atoms with Crippen molar-refractivity contribution in [3.63, 3.8) is 0 Å². The largest absolute Gasteiger partial charge is 0.508 e. The van der Waals surface area contributed by atoms with E-state index in [2.05, 4.69) is 12.2 Å². The Morgan fingerprint density at radius 1 is 1.04 bits per heavy atom. The molecule has 4 aliphatic carbocycles. The van der Waals surface area contributed by atoms with Gasteiger partial charge in [-0.3, -0.25) is 19.2 Å². The number of benzene rings is 1. The SMILES string of the molecule is COC(=O)C(Cc1ccc(O)cc1)NC(=O)CCC(=O)OCC(=O)C1(O)CCC2C3CCC4=CC(=O)CCC4(C)C3C(O)CC21C. The molecule has 11 nitrogen and oxygen atoms in total. The Kier molecular flexibility index (Phi) is 9.48. The van der Waals surface area contributed by atoms with E-state index < -0.39 is 53.4 Å². The van der Waals surface area contributed by atoms with Crippen LogP contribution in [0.2, 0.25) is 0 Å². The Bertz CT molecular complexity index is 1420. The molecule has 3 saturated carbocycles. The second-order valence-corrected chi connectivity index (χ2v) is 14.1. The van der Waals surface area contributed by atoms with Gasteiger partial charge in [0.05, 0.1) is 19.6 Å². The van der Waals surface area contributed by atoms with Crippen LogP contribution in [0, 0.1) is 28.6 Å². The number of aliphatic hydroxyl groups is 2. The number of amides is 1. The molecular weight excluding hydrogens is 594 g/mol. The number of carbonyl (C=O) groups excluding carboxylic acids is 5. The lowest BCUT2D eigenvalue weighted by atomic mass is 9.45. The van der Waals surface area contributed by atoms with E-state index >= 15 is 0 Å². The summed E-state index contributed by atoms with van der Waals surface area (Å²) in [5.41, 5.74) is -1.18. The smallest absolute Gasteiger partial charge is 0.328 e. The Hall–Kier alpha value is -3.57. The molecular formula is C35H45NO10. The topological polar surface area (TPSA) is 177 Å². The molecule has 1 amide bonds.